The molecule has 0 rings (SSSR count). The minimum atomic E-state index is -2.17. The zero-order valence-corrected chi connectivity index (χ0v) is 5.29. The molecule has 0 saturated heterocycles. The van der Waals surface area contributed by atoms with E-state index in [0.29, 0.717) is 0 Å². The van der Waals surface area contributed by atoms with E-state index in [1.54, 1.807) is 6.92 Å². The second kappa shape index (κ2) is 7.25. The molecular weight excluding hydrogens is 131 g/mol. The maximum Gasteiger partial charge on any atom is 0.631 e. The third kappa shape index (κ3) is 2660. The van der Waals surface area contributed by atoms with E-state index in [0.717, 1.165) is 0 Å². The van der Waals surface area contributed by atoms with Crippen LogP contribution in [0.25, 0.3) is 0 Å². The molecule has 0 aromatic rings. The van der Waals surface area contributed by atoms with Gasteiger partial charge in [0.1, 0.15) is 0 Å². The summed E-state index contributed by atoms with van der Waals surface area (Å²) in [7, 11) is -2.17. The van der Waals surface area contributed by atoms with Crippen molar-refractivity contribution < 1.29 is 20.2 Å². The van der Waals surface area contributed by atoms with Gasteiger partial charge in [-0.3, -0.25) is 0 Å². The molecule has 8 heavy (non-hydrogen) atoms. The van der Waals surface area contributed by atoms with Crippen LogP contribution in [0.3, 0.4) is 0 Å². The molecule has 6 heteroatoms. The number of hydrogen-bond acceptors (Lipinski definition) is 5. The van der Waals surface area contributed by atoms with Gasteiger partial charge in [-0.15, -0.1) is 12.6 Å². The zero-order chi connectivity index (χ0) is 7.15. The van der Waals surface area contributed by atoms with Gasteiger partial charge in [0, 0.05) is 0 Å². The molecule has 0 aliphatic rings. The van der Waals surface area contributed by atoms with E-state index in [1.165, 1.54) is 0 Å². The van der Waals surface area contributed by atoms with E-state index in [1.807, 2.05) is 0 Å². The molecule has 0 aliphatic carbocycles. The Morgan fingerprint density at radius 3 is 1.38 bits per heavy atom. The molecule has 0 aliphatic heterocycles. The van der Waals surface area contributed by atoms with Crippen LogP contribution in [0.5, 0.6) is 0 Å². The molecule has 50 valence electrons. The van der Waals surface area contributed by atoms with Crippen molar-refractivity contribution in [3.8, 4) is 0 Å². The van der Waals surface area contributed by atoms with Crippen molar-refractivity contribution in [2.24, 2.45) is 0 Å². The average molecular weight is 140 g/mol. The van der Waals surface area contributed by atoms with Crippen molar-refractivity contribution in [2.75, 3.05) is 0 Å². The molecule has 0 amide bonds. The van der Waals surface area contributed by atoms with E-state index >= 15 is 0 Å². The summed E-state index contributed by atoms with van der Waals surface area (Å²) in [6, 6.07) is 0. The zero-order valence-electron chi connectivity index (χ0n) is 4.39. The van der Waals surface area contributed by atoms with Crippen molar-refractivity contribution in [2.45, 2.75) is 12.4 Å². The lowest BCUT2D eigenvalue weighted by Gasteiger charge is -1.79. The Bertz CT molecular complexity index is 29.5. The van der Waals surface area contributed by atoms with Crippen molar-refractivity contribution in [1.29, 1.82) is 0 Å². The van der Waals surface area contributed by atoms with Crippen LogP contribution >= 0.6 is 12.6 Å². The fraction of sp³-hybridized carbons (Fsp3) is 1.00. The fourth-order valence-electron chi connectivity index (χ4n) is 0. The van der Waals surface area contributed by atoms with Gasteiger partial charge in [0.05, 0.1) is 5.44 Å². The highest BCUT2D eigenvalue weighted by Crippen LogP contribution is 1.78. The molecule has 0 aromatic carbocycles. The first kappa shape index (κ1) is 11.1. The van der Waals surface area contributed by atoms with Crippen molar-refractivity contribution >= 4 is 20.0 Å². The quantitative estimate of drug-likeness (QED) is 0.156. The van der Waals surface area contributed by atoms with Crippen LogP contribution in [0.2, 0.25) is 0 Å². The van der Waals surface area contributed by atoms with Crippen LogP contribution < -0.4 is 0 Å². The van der Waals surface area contributed by atoms with E-state index in [-0.39, 0.29) is 0 Å². The Hall–Kier alpha value is 0.255. The van der Waals surface area contributed by atoms with Gasteiger partial charge in [-0.25, -0.2) is 0 Å². The molecular formula is C2H9BO4S. The first-order chi connectivity index (χ1) is 3.46. The number of thiol groups is 1. The molecule has 0 aromatic heterocycles. The summed E-state index contributed by atoms with van der Waals surface area (Å²) >= 11 is 3.52. The van der Waals surface area contributed by atoms with Gasteiger partial charge >= 0.3 is 7.32 Å². The average Bonchev–Trinajstić information content (AvgIpc) is 1.25. The molecule has 4 N–H and O–H groups in total. The Morgan fingerprint density at radius 1 is 1.38 bits per heavy atom. The summed E-state index contributed by atoms with van der Waals surface area (Å²) in [5, 5.41) is 29.4. The summed E-state index contributed by atoms with van der Waals surface area (Å²) in [6.07, 6.45) is 0. The number of hydrogen-bond donors (Lipinski definition) is 5. The monoisotopic (exact) mass is 140 g/mol. The Kier molecular flexibility index (Phi) is 10.1. The smallest absolute Gasteiger partial charge is 0.402 e. The van der Waals surface area contributed by atoms with Gasteiger partial charge in [-0.05, 0) is 6.92 Å². The molecule has 0 fully saturated rings. The second-order valence-corrected chi connectivity index (χ2v) is 1.73. The molecule has 0 saturated carbocycles. The number of rotatable bonds is 0. The van der Waals surface area contributed by atoms with Gasteiger partial charge in [0.25, 0.3) is 0 Å². The summed E-state index contributed by atoms with van der Waals surface area (Å²) in [4.78, 5) is 0. The van der Waals surface area contributed by atoms with Crippen LogP contribution in [-0.2, 0) is 0 Å². The van der Waals surface area contributed by atoms with E-state index < -0.39 is 12.8 Å². The van der Waals surface area contributed by atoms with Crippen LogP contribution in [0, 0.1) is 0 Å². The van der Waals surface area contributed by atoms with Crippen molar-refractivity contribution in [1.82, 2.24) is 0 Å². The third-order valence-electron chi connectivity index (χ3n) is 0. The molecule has 4 nitrogen and oxygen atoms in total. The van der Waals surface area contributed by atoms with Gasteiger partial charge in [-0.1, -0.05) is 0 Å². The summed E-state index contributed by atoms with van der Waals surface area (Å²) in [5.74, 6) is 0. The maximum atomic E-state index is 7.92. The van der Waals surface area contributed by atoms with Gasteiger partial charge < -0.3 is 20.2 Å². The summed E-state index contributed by atoms with van der Waals surface area (Å²) < 4.78 is 0. The lowest BCUT2D eigenvalue weighted by atomic mass is 10.3. The first-order valence-corrected chi connectivity index (χ1v) is 2.38. The third-order valence-corrected chi connectivity index (χ3v) is 0. The second-order valence-electron chi connectivity index (χ2n) is 0.978. The standard InChI is InChI=1S/C2H6OS.BH3O3/c1-2(3)4;2-1(3)4/h2-4H,1H3;2-4H. The molecule has 0 bridgehead atoms. The van der Waals surface area contributed by atoms with Gasteiger partial charge in [-0.2, -0.15) is 0 Å². The molecule has 1 atom stereocenters. The minimum absolute atomic E-state index is 0.472. The Labute approximate surface area is 53.4 Å². The predicted octanol–water partition coefficient (Wildman–Crippen LogP) is -1.80. The lowest BCUT2D eigenvalue weighted by molar-refractivity contribution is 0.278. The molecule has 0 radical (unpaired) electrons. The normalized spacial score (nSPS) is 11.2. The minimum Gasteiger partial charge on any atom is -0.402 e. The Morgan fingerprint density at radius 2 is 1.38 bits per heavy atom. The predicted molar refractivity (Wildman–Crippen MR) is 33.1 cm³/mol. The highest BCUT2D eigenvalue weighted by molar-refractivity contribution is 7.80. The van der Waals surface area contributed by atoms with Gasteiger partial charge in [0.2, 0.25) is 0 Å². The topological polar surface area (TPSA) is 80.9 Å². The molecule has 0 spiro atoms. The Balaban J connectivity index is 0. The highest BCUT2D eigenvalue weighted by atomic mass is 32.1. The highest BCUT2D eigenvalue weighted by Gasteiger charge is 1.92. The SMILES string of the molecule is CC(O)S.OB(O)O. The maximum absolute atomic E-state index is 7.92. The lowest BCUT2D eigenvalue weighted by Crippen LogP contribution is -2.07. The van der Waals surface area contributed by atoms with Crippen molar-refractivity contribution in [3.05, 3.63) is 0 Å². The van der Waals surface area contributed by atoms with Crippen molar-refractivity contribution in [3.63, 3.8) is 0 Å². The number of aliphatic hydroxyl groups excluding tert-OH is 1. The summed E-state index contributed by atoms with van der Waals surface area (Å²) in [6.45, 7) is 1.59. The van der Waals surface area contributed by atoms with E-state index in [2.05, 4.69) is 12.6 Å². The molecule has 0 heterocycles. The van der Waals surface area contributed by atoms with Gasteiger partial charge in [0.15, 0.2) is 0 Å². The first-order valence-electron chi connectivity index (χ1n) is 1.87. The fourth-order valence-corrected chi connectivity index (χ4v) is 0. The van der Waals surface area contributed by atoms with Crippen LogP contribution in [0.4, 0.5) is 0 Å². The van der Waals surface area contributed by atoms with Crippen LogP contribution in [0.15, 0.2) is 0 Å². The van der Waals surface area contributed by atoms with E-state index in [4.69, 9.17) is 20.2 Å². The molecule has 1 unspecified atom stereocenters. The van der Waals surface area contributed by atoms with Crippen LogP contribution in [-0.4, -0.2) is 32.9 Å². The van der Waals surface area contributed by atoms with E-state index in [9.17, 15) is 0 Å². The van der Waals surface area contributed by atoms with Crippen LogP contribution in [0.1, 0.15) is 6.92 Å². The largest absolute Gasteiger partial charge is 0.631 e. The summed E-state index contributed by atoms with van der Waals surface area (Å²) in [5.41, 5.74) is -0.472. The number of aliphatic hydroxyl groups is 1.